The van der Waals surface area contributed by atoms with E-state index in [-0.39, 0.29) is 12.4 Å². The van der Waals surface area contributed by atoms with Crippen molar-refractivity contribution in [3.8, 4) is 0 Å². The van der Waals surface area contributed by atoms with Gasteiger partial charge in [0.05, 0.1) is 24.5 Å². The maximum absolute atomic E-state index is 11.6. The summed E-state index contributed by atoms with van der Waals surface area (Å²) in [5, 5.41) is 14.5. The number of halogens is 1. The fourth-order valence-corrected chi connectivity index (χ4v) is 2.25. The van der Waals surface area contributed by atoms with Crippen molar-refractivity contribution in [1.29, 1.82) is 0 Å². The van der Waals surface area contributed by atoms with Crippen LogP contribution in [0.1, 0.15) is 11.3 Å². The van der Waals surface area contributed by atoms with E-state index in [4.69, 9.17) is 5.73 Å². The van der Waals surface area contributed by atoms with Crippen LogP contribution in [0.5, 0.6) is 0 Å². The van der Waals surface area contributed by atoms with Crippen LogP contribution in [-0.4, -0.2) is 26.9 Å². The maximum Gasteiger partial charge on any atom is 0.268 e. The number of aromatic nitrogens is 2. The number of hydrogen-bond donors (Lipinski definition) is 2. The first-order valence-electron chi connectivity index (χ1n) is 6.04. The van der Waals surface area contributed by atoms with Gasteiger partial charge in [-0.1, -0.05) is 30.3 Å². The predicted molar refractivity (Wildman–Crippen MR) is 76.0 cm³/mol. The van der Waals surface area contributed by atoms with E-state index in [0.717, 1.165) is 11.3 Å². The molecule has 20 heavy (non-hydrogen) atoms. The second-order valence-corrected chi connectivity index (χ2v) is 4.58. The molecule has 2 heterocycles. The molecule has 1 atom stereocenters. The minimum absolute atomic E-state index is 0. The molecule has 1 aliphatic rings. The molecule has 0 spiro atoms. The molecule has 0 aliphatic carbocycles. The first-order valence-corrected chi connectivity index (χ1v) is 6.04. The topological polar surface area (TPSA) is 84.4 Å². The minimum atomic E-state index is -0.719. The number of hydroxylamine groups is 1. The largest absolute Gasteiger partial charge is 0.319 e. The molecule has 0 saturated heterocycles. The molecular formula is C13H15ClN4O2. The molecule has 1 aromatic carbocycles. The van der Waals surface area contributed by atoms with Gasteiger partial charge in [0.2, 0.25) is 0 Å². The van der Waals surface area contributed by atoms with Gasteiger partial charge < -0.3 is 5.73 Å². The highest BCUT2D eigenvalue weighted by Crippen LogP contribution is 2.26. The van der Waals surface area contributed by atoms with Gasteiger partial charge in [-0.15, -0.1) is 12.4 Å². The Bertz CT molecular complexity index is 614. The van der Waals surface area contributed by atoms with Gasteiger partial charge in [-0.05, 0) is 5.56 Å². The van der Waals surface area contributed by atoms with Gasteiger partial charge in [-0.3, -0.25) is 14.7 Å². The summed E-state index contributed by atoms with van der Waals surface area (Å²) in [5.41, 5.74) is 8.01. The van der Waals surface area contributed by atoms with Crippen molar-refractivity contribution in [2.45, 2.75) is 19.0 Å². The van der Waals surface area contributed by atoms with Crippen molar-refractivity contribution < 1.29 is 10.0 Å². The lowest BCUT2D eigenvalue weighted by Crippen LogP contribution is -2.47. The summed E-state index contributed by atoms with van der Waals surface area (Å²) in [6.45, 7) is 0.588. The molecule has 0 fully saturated rings. The zero-order valence-corrected chi connectivity index (χ0v) is 11.5. The van der Waals surface area contributed by atoms with Crippen molar-refractivity contribution in [1.82, 2.24) is 9.78 Å². The molecule has 106 valence electrons. The van der Waals surface area contributed by atoms with Crippen LogP contribution in [-0.2, 0) is 17.8 Å². The first kappa shape index (κ1) is 14.5. The molecule has 0 unspecified atom stereocenters. The van der Waals surface area contributed by atoms with E-state index in [2.05, 4.69) is 5.10 Å². The number of anilines is 1. The number of carbonyl (C=O) groups excluding carboxylic acids is 1. The number of rotatable bonds is 2. The van der Waals surface area contributed by atoms with Crippen LogP contribution in [0.3, 0.4) is 0 Å². The summed E-state index contributed by atoms with van der Waals surface area (Å²) < 4.78 is 1.76. The van der Waals surface area contributed by atoms with Crippen LogP contribution in [0.15, 0.2) is 36.5 Å². The van der Waals surface area contributed by atoms with E-state index in [1.54, 1.807) is 4.68 Å². The summed E-state index contributed by atoms with van der Waals surface area (Å²) in [7, 11) is 0. The first-order chi connectivity index (χ1) is 9.16. The second kappa shape index (κ2) is 5.62. The van der Waals surface area contributed by atoms with E-state index in [1.165, 1.54) is 6.20 Å². The van der Waals surface area contributed by atoms with Crippen LogP contribution in [0.2, 0.25) is 0 Å². The molecule has 1 aliphatic heterocycles. The highest BCUT2D eigenvalue weighted by molar-refractivity contribution is 5.97. The minimum Gasteiger partial charge on any atom is -0.319 e. The number of carbonyl (C=O) groups is 1. The van der Waals surface area contributed by atoms with Crippen molar-refractivity contribution in [3.63, 3.8) is 0 Å². The lowest BCUT2D eigenvalue weighted by atomic mass is 10.1. The standard InChI is InChI=1S/C13H14N4O2.ClH/c14-10-6-11-12(17(19)13(10)18)7-15-16(11)8-9-4-2-1-3-5-9;/h1-5,7,10,19H,6,8,14H2;1H/t10-;/m0./s1. The Balaban J connectivity index is 0.00000147. The molecule has 1 amide bonds. The molecule has 6 nitrogen and oxygen atoms in total. The number of amides is 1. The Morgan fingerprint density at radius 2 is 2.05 bits per heavy atom. The predicted octanol–water partition coefficient (Wildman–Crippen LogP) is 0.959. The van der Waals surface area contributed by atoms with Gasteiger partial charge in [0, 0.05) is 6.42 Å². The molecule has 3 N–H and O–H groups in total. The Labute approximate surface area is 122 Å². The third-order valence-electron chi connectivity index (χ3n) is 3.27. The quantitative estimate of drug-likeness (QED) is 0.808. The monoisotopic (exact) mass is 294 g/mol. The Morgan fingerprint density at radius 1 is 1.35 bits per heavy atom. The van der Waals surface area contributed by atoms with Gasteiger partial charge in [0.25, 0.3) is 5.91 Å². The Kier molecular flexibility index (Phi) is 4.08. The van der Waals surface area contributed by atoms with Gasteiger partial charge in [0.15, 0.2) is 0 Å². The van der Waals surface area contributed by atoms with Gasteiger partial charge in [0.1, 0.15) is 5.69 Å². The molecule has 0 saturated carbocycles. The molecule has 1 aromatic heterocycles. The van der Waals surface area contributed by atoms with E-state index in [1.807, 2.05) is 30.3 Å². The normalized spacial score (nSPS) is 17.6. The average Bonchev–Trinajstić information content (AvgIpc) is 2.81. The van der Waals surface area contributed by atoms with Crippen LogP contribution < -0.4 is 10.8 Å². The summed E-state index contributed by atoms with van der Waals surface area (Å²) in [4.78, 5) is 11.6. The van der Waals surface area contributed by atoms with Crippen LogP contribution in [0.25, 0.3) is 0 Å². The second-order valence-electron chi connectivity index (χ2n) is 4.58. The van der Waals surface area contributed by atoms with Crippen LogP contribution in [0.4, 0.5) is 5.69 Å². The summed E-state index contributed by atoms with van der Waals surface area (Å²) in [5.74, 6) is -0.494. The summed E-state index contributed by atoms with van der Waals surface area (Å²) >= 11 is 0. The van der Waals surface area contributed by atoms with Gasteiger partial charge >= 0.3 is 0 Å². The average molecular weight is 295 g/mol. The van der Waals surface area contributed by atoms with Crippen molar-refractivity contribution in [2.24, 2.45) is 5.73 Å². The van der Waals surface area contributed by atoms with E-state index >= 15 is 0 Å². The number of fused-ring (bicyclic) bond motifs is 1. The van der Waals surface area contributed by atoms with Crippen molar-refractivity contribution in [2.75, 3.05) is 5.06 Å². The zero-order chi connectivity index (χ0) is 13.4. The van der Waals surface area contributed by atoms with E-state index in [0.29, 0.717) is 23.7 Å². The highest BCUT2D eigenvalue weighted by Gasteiger charge is 2.32. The summed E-state index contributed by atoms with van der Waals surface area (Å²) in [6.07, 6.45) is 1.88. The summed E-state index contributed by atoms with van der Waals surface area (Å²) in [6, 6.07) is 9.14. The number of hydrogen-bond acceptors (Lipinski definition) is 4. The number of benzene rings is 1. The molecule has 0 radical (unpaired) electrons. The third kappa shape index (κ3) is 2.40. The van der Waals surface area contributed by atoms with Gasteiger partial charge in [-0.25, -0.2) is 0 Å². The lowest BCUT2D eigenvalue weighted by Gasteiger charge is -2.25. The van der Waals surface area contributed by atoms with Crippen molar-refractivity contribution in [3.05, 3.63) is 47.8 Å². The lowest BCUT2D eigenvalue weighted by molar-refractivity contribution is -0.125. The number of nitrogens with zero attached hydrogens (tertiary/aromatic N) is 3. The smallest absolute Gasteiger partial charge is 0.268 e. The highest BCUT2D eigenvalue weighted by atomic mass is 35.5. The molecule has 3 rings (SSSR count). The number of nitrogens with two attached hydrogens (primary N) is 1. The third-order valence-corrected chi connectivity index (χ3v) is 3.27. The van der Waals surface area contributed by atoms with Crippen LogP contribution >= 0.6 is 12.4 Å². The fourth-order valence-electron chi connectivity index (χ4n) is 2.25. The Morgan fingerprint density at radius 3 is 2.75 bits per heavy atom. The molecule has 7 heteroatoms. The molecular weight excluding hydrogens is 280 g/mol. The maximum atomic E-state index is 11.6. The molecule has 0 bridgehead atoms. The molecule has 2 aromatic rings. The van der Waals surface area contributed by atoms with Crippen molar-refractivity contribution >= 4 is 24.0 Å². The zero-order valence-electron chi connectivity index (χ0n) is 10.6. The van der Waals surface area contributed by atoms with Crippen LogP contribution in [0, 0.1) is 0 Å². The Hall–Kier alpha value is -1.89. The van der Waals surface area contributed by atoms with Gasteiger partial charge in [-0.2, -0.15) is 10.2 Å². The van der Waals surface area contributed by atoms with E-state index in [9.17, 15) is 10.0 Å². The van der Waals surface area contributed by atoms with E-state index < -0.39 is 11.9 Å². The fraction of sp³-hybridized carbons (Fsp3) is 0.231. The SMILES string of the molecule is Cl.N[C@H]1Cc2c(cnn2Cc2ccccc2)N(O)C1=O.